The number of Topliss-reactive ketones (excluding diaryl/α,β-unsaturated/α-hetero) is 1. The molecule has 0 N–H and O–H groups in total. The van der Waals surface area contributed by atoms with E-state index in [-0.39, 0.29) is 5.78 Å². The molecule has 0 spiro atoms. The quantitative estimate of drug-likeness (QED) is 0.665. The molecule has 3 aromatic rings. The molecule has 0 saturated carbocycles. The van der Waals surface area contributed by atoms with Gasteiger partial charge in [-0.1, -0.05) is 48.5 Å². The van der Waals surface area contributed by atoms with Crippen LogP contribution in [0, 0.1) is 0 Å². The Labute approximate surface area is 140 Å². The van der Waals surface area contributed by atoms with Crippen LogP contribution < -0.4 is 4.74 Å². The third-order valence-corrected chi connectivity index (χ3v) is 4.43. The lowest BCUT2D eigenvalue weighted by Crippen LogP contribution is -2.41. The van der Waals surface area contributed by atoms with Gasteiger partial charge in [0.25, 0.3) is 0 Å². The summed E-state index contributed by atoms with van der Waals surface area (Å²) in [5.41, 5.74) is 1.21. The van der Waals surface area contributed by atoms with E-state index in [1.165, 1.54) is 0 Å². The van der Waals surface area contributed by atoms with E-state index in [2.05, 4.69) is 6.58 Å². The van der Waals surface area contributed by atoms with Gasteiger partial charge in [-0.3, -0.25) is 4.79 Å². The van der Waals surface area contributed by atoms with E-state index >= 15 is 0 Å². The predicted molar refractivity (Wildman–Crippen MR) is 93.7 cm³/mol. The van der Waals surface area contributed by atoms with E-state index in [0.717, 1.165) is 11.3 Å². The van der Waals surface area contributed by atoms with Crippen LogP contribution in [-0.4, -0.2) is 10.4 Å². The first-order valence-corrected chi connectivity index (χ1v) is 7.93. The van der Waals surface area contributed by atoms with Crippen molar-refractivity contribution < 1.29 is 9.53 Å². The molecule has 4 rings (SSSR count). The zero-order chi connectivity index (χ0) is 16.6. The van der Waals surface area contributed by atoms with Crippen molar-refractivity contribution in [2.24, 2.45) is 0 Å². The number of carbonyl (C=O) groups excluding carboxylic acids is 1. The van der Waals surface area contributed by atoms with Crippen LogP contribution in [0.3, 0.4) is 0 Å². The first kappa shape index (κ1) is 14.5. The summed E-state index contributed by atoms with van der Waals surface area (Å²) in [4.78, 5) is 13.5. The monoisotopic (exact) mass is 315 g/mol. The average Bonchev–Trinajstić information content (AvgIpc) is 3.08. The van der Waals surface area contributed by atoms with Gasteiger partial charge in [0.1, 0.15) is 5.75 Å². The summed E-state index contributed by atoms with van der Waals surface area (Å²) in [5.74, 6) is 0.626. The third kappa shape index (κ3) is 2.02. The van der Waals surface area contributed by atoms with Crippen LogP contribution in [0.25, 0.3) is 5.69 Å². The highest BCUT2D eigenvalue weighted by molar-refractivity contribution is 6.03. The Morgan fingerprint density at radius 1 is 1.00 bits per heavy atom. The number of aromatic nitrogens is 1. The van der Waals surface area contributed by atoms with Crippen molar-refractivity contribution in [3.05, 3.63) is 96.8 Å². The van der Waals surface area contributed by atoms with Crippen LogP contribution in [0.5, 0.6) is 5.75 Å². The second-order valence-electron chi connectivity index (χ2n) is 5.85. The van der Waals surface area contributed by atoms with Gasteiger partial charge >= 0.3 is 0 Å². The van der Waals surface area contributed by atoms with Crippen molar-refractivity contribution in [3.63, 3.8) is 0 Å². The van der Waals surface area contributed by atoms with Gasteiger partial charge in [-0.2, -0.15) is 0 Å². The number of para-hydroxylation sites is 2. The lowest BCUT2D eigenvalue weighted by atomic mass is 9.84. The van der Waals surface area contributed by atoms with E-state index in [4.69, 9.17) is 4.74 Å². The SMILES string of the molecule is C=CCC1(c2ccccc2)Oc2ccccc2-n2cccc2C1=O. The Balaban J connectivity index is 2.03. The van der Waals surface area contributed by atoms with Gasteiger partial charge < -0.3 is 9.30 Å². The van der Waals surface area contributed by atoms with Gasteiger partial charge in [0.2, 0.25) is 11.4 Å². The summed E-state index contributed by atoms with van der Waals surface area (Å²) in [7, 11) is 0. The second-order valence-corrected chi connectivity index (χ2v) is 5.85. The van der Waals surface area contributed by atoms with Crippen molar-refractivity contribution in [3.8, 4) is 11.4 Å². The summed E-state index contributed by atoms with van der Waals surface area (Å²) < 4.78 is 8.28. The van der Waals surface area contributed by atoms with Gasteiger partial charge in [-0.15, -0.1) is 6.58 Å². The van der Waals surface area contributed by atoms with Crippen molar-refractivity contribution >= 4 is 5.78 Å². The predicted octanol–water partition coefficient (Wildman–Crippen LogP) is 4.52. The summed E-state index contributed by atoms with van der Waals surface area (Å²) in [6.07, 6.45) is 4.03. The molecule has 118 valence electrons. The van der Waals surface area contributed by atoms with Crippen molar-refractivity contribution in [1.82, 2.24) is 4.57 Å². The average molecular weight is 315 g/mol. The number of rotatable bonds is 3. The number of fused-ring (bicyclic) bond motifs is 3. The topological polar surface area (TPSA) is 31.2 Å². The highest BCUT2D eigenvalue weighted by atomic mass is 16.5. The zero-order valence-electron chi connectivity index (χ0n) is 13.2. The number of hydrogen-bond donors (Lipinski definition) is 0. The molecule has 3 heteroatoms. The van der Waals surface area contributed by atoms with Crippen LogP contribution in [0.4, 0.5) is 0 Å². The Bertz CT molecular complexity index is 910. The molecule has 0 radical (unpaired) electrons. The molecule has 0 saturated heterocycles. The molecule has 0 bridgehead atoms. The van der Waals surface area contributed by atoms with E-state index in [1.807, 2.05) is 77.5 Å². The first-order chi connectivity index (χ1) is 11.8. The summed E-state index contributed by atoms with van der Waals surface area (Å²) in [6, 6.07) is 21.1. The van der Waals surface area contributed by atoms with E-state index in [1.54, 1.807) is 6.08 Å². The van der Waals surface area contributed by atoms with Crippen LogP contribution >= 0.6 is 0 Å². The molecule has 0 aliphatic carbocycles. The van der Waals surface area contributed by atoms with Crippen molar-refractivity contribution in [1.29, 1.82) is 0 Å². The highest BCUT2D eigenvalue weighted by Gasteiger charge is 2.45. The molecular weight excluding hydrogens is 298 g/mol. The molecule has 0 fully saturated rings. The summed E-state index contributed by atoms with van der Waals surface area (Å²) in [6.45, 7) is 3.85. The first-order valence-electron chi connectivity index (χ1n) is 7.93. The number of ketones is 1. The van der Waals surface area contributed by atoms with Gasteiger partial charge in [0.05, 0.1) is 11.4 Å². The van der Waals surface area contributed by atoms with E-state index < -0.39 is 5.60 Å². The molecule has 2 heterocycles. The number of ether oxygens (including phenoxy) is 1. The Kier molecular flexibility index (Phi) is 3.35. The normalized spacial score (nSPS) is 18.9. The van der Waals surface area contributed by atoms with Crippen LogP contribution in [-0.2, 0) is 5.60 Å². The minimum Gasteiger partial charge on any atom is -0.472 e. The molecule has 24 heavy (non-hydrogen) atoms. The lowest BCUT2D eigenvalue weighted by molar-refractivity contribution is 0.0454. The maximum Gasteiger partial charge on any atom is 0.227 e. The maximum absolute atomic E-state index is 13.5. The Morgan fingerprint density at radius 2 is 1.75 bits per heavy atom. The highest BCUT2D eigenvalue weighted by Crippen LogP contribution is 2.41. The van der Waals surface area contributed by atoms with Crippen molar-refractivity contribution in [2.45, 2.75) is 12.0 Å². The molecule has 1 aliphatic rings. The number of nitrogens with zero attached hydrogens (tertiary/aromatic N) is 1. The molecular formula is C21H17NO2. The minimum absolute atomic E-state index is 0.0604. The second kappa shape index (κ2) is 5.53. The van der Waals surface area contributed by atoms with Gasteiger partial charge in [-0.05, 0) is 24.3 Å². The molecule has 1 unspecified atom stereocenters. The largest absolute Gasteiger partial charge is 0.472 e. The minimum atomic E-state index is -1.11. The molecule has 1 atom stereocenters. The third-order valence-electron chi connectivity index (χ3n) is 4.43. The standard InChI is InChI=1S/C21H17NO2/c1-2-14-21(16-9-4-3-5-10-16)20(23)18-12-8-15-22(18)17-11-6-7-13-19(17)24-21/h2-13,15H,1,14H2. The Morgan fingerprint density at radius 3 is 2.54 bits per heavy atom. The maximum atomic E-state index is 13.5. The van der Waals surface area contributed by atoms with E-state index in [0.29, 0.717) is 17.9 Å². The van der Waals surface area contributed by atoms with Gasteiger partial charge in [0.15, 0.2) is 0 Å². The molecule has 2 aromatic carbocycles. The molecule has 1 aliphatic heterocycles. The number of carbonyl (C=O) groups is 1. The molecule has 1 aromatic heterocycles. The Hall–Kier alpha value is -3.07. The number of benzene rings is 2. The fourth-order valence-corrected chi connectivity index (χ4v) is 3.31. The molecule has 0 amide bonds. The lowest BCUT2D eigenvalue weighted by Gasteiger charge is -2.31. The van der Waals surface area contributed by atoms with Gasteiger partial charge in [-0.25, -0.2) is 0 Å². The fourth-order valence-electron chi connectivity index (χ4n) is 3.31. The summed E-state index contributed by atoms with van der Waals surface area (Å²) >= 11 is 0. The van der Waals surface area contributed by atoms with Crippen LogP contribution in [0.15, 0.2) is 85.6 Å². The fraction of sp³-hybridized carbons (Fsp3) is 0.0952. The molecule has 3 nitrogen and oxygen atoms in total. The summed E-state index contributed by atoms with van der Waals surface area (Å²) in [5, 5.41) is 0. The van der Waals surface area contributed by atoms with E-state index in [9.17, 15) is 4.79 Å². The zero-order valence-corrected chi connectivity index (χ0v) is 13.2. The number of hydrogen-bond acceptors (Lipinski definition) is 2. The smallest absolute Gasteiger partial charge is 0.227 e. The van der Waals surface area contributed by atoms with Crippen LogP contribution in [0.1, 0.15) is 22.5 Å². The van der Waals surface area contributed by atoms with Crippen molar-refractivity contribution in [2.75, 3.05) is 0 Å². The van der Waals surface area contributed by atoms with Gasteiger partial charge in [0, 0.05) is 18.2 Å². The van der Waals surface area contributed by atoms with Crippen LogP contribution in [0.2, 0.25) is 0 Å².